The van der Waals surface area contributed by atoms with Crippen LogP contribution in [0.5, 0.6) is 0 Å². The zero-order valence-electron chi connectivity index (χ0n) is 17.0. The van der Waals surface area contributed by atoms with Gasteiger partial charge in [-0.15, -0.1) is 0 Å². The van der Waals surface area contributed by atoms with E-state index in [1.165, 1.54) is 6.07 Å². The van der Waals surface area contributed by atoms with E-state index in [-0.39, 0.29) is 5.82 Å². The molecule has 4 aromatic rings. The number of benzene rings is 1. The van der Waals surface area contributed by atoms with E-state index in [4.69, 9.17) is 4.74 Å². The molecule has 0 spiro atoms. The van der Waals surface area contributed by atoms with Gasteiger partial charge in [-0.1, -0.05) is 6.07 Å². The maximum Gasteiger partial charge on any atom is 0.231 e. The first-order valence-corrected chi connectivity index (χ1v) is 10.1. The van der Waals surface area contributed by atoms with Gasteiger partial charge >= 0.3 is 0 Å². The molecule has 1 fully saturated rings. The van der Waals surface area contributed by atoms with E-state index < -0.39 is 0 Å². The second-order valence-electron chi connectivity index (χ2n) is 7.30. The maximum absolute atomic E-state index is 14.0. The molecule has 0 radical (unpaired) electrons. The zero-order chi connectivity index (χ0) is 21.2. The summed E-state index contributed by atoms with van der Waals surface area (Å²) in [5, 5.41) is 6.51. The van der Waals surface area contributed by atoms with Crippen LogP contribution < -0.4 is 15.5 Å². The predicted octanol–water partition coefficient (Wildman–Crippen LogP) is 3.90. The molecule has 4 heterocycles. The molecule has 1 aromatic carbocycles. The van der Waals surface area contributed by atoms with Gasteiger partial charge in [0, 0.05) is 60.8 Å². The summed E-state index contributed by atoms with van der Waals surface area (Å²) in [6, 6.07) is 10.7. The van der Waals surface area contributed by atoms with Crippen LogP contribution in [0.1, 0.15) is 5.56 Å². The maximum atomic E-state index is 14.0. The van der Waals surface area contributed by atoms with Crippen molar-refractivity contribution in [1.29, 1.82) is 0 Å². The fraction of sp³-hybridized carbons (Fsp3) is 0.227. The van der Waals surface area contributed by atoms with E-state index in [9.17, 15) is 4.39 Å². The molecule has 1 aliphatic rings. The Balaban J connectivity index is 1.49. The minimum Gasteiger partial charge on any atom is -0.378 e. The summed E-state index contributed by atoms with van der Waals surface area (Å²) in [5.41, 5.74) is 2.84. The number of anilines is 5. The van der Waals surface area contributed by atoms with Crippen molar-refractivity contribution < 1.29 is 9.13 Å². The summed E-state index contributed by atoms with van der Waals surface area (Å²) in [6.45, 7) is 4.51. The predicted molar refractivity (Wildman–Crippen MR) is 118 cm³/mol. The first-order chi connectivity index (χ1) is 15.2. The van der Waals surface area contributed by atoms with Crippen LogP contribution in [0.3, 0.4) is 0 Å². The number of aromatic nitrogens is 4. The molecule has 0 unspecified atom stereocenters. The number of ether oxygens (including phenoxy) is 1. The van der Waals surface area contributed by atoms with Gasteiger partial charge in [0.15, 0.2) is 0 Å². The summed E-state index contributed by atoms with van der Waals surface area (Å²) in [4.78, 5) is 15.8. The van der Waals surface area contributed by atoms with Crippen molar-refractivity contribution in [3.63, 3.8) is 0 Å². The van der Waals surface area contributed by atoms with Gasteiger partial charge in [-0.25, -0.2) is 9.37 Å². The molecule has 1 saturated heterocycles. The highest BCUT2D eigenvalue weighted by atomic mass is 19.1. The van der Waals surface area contributed by atoms with E-state index >= 15 is 0 Å². The molecular formula is C22H22FN7O. The monoisotopic (exact) mass is 419 g/mol. The highest BCUT2D eigenvalue weighted by Crippen LogP contribution is 2.26. The summed E-state index contributed by atoms with van der Waals surface area (Å²) < 4.78 is 21.4. The van der Waals surface area contributed by atoms with Gasteiger partial charge in [0.1, 0.15) is 23.1 Å². The van der Waals surface area contributed by atoms with Crippen LogP contribution >= 0.6 is 0 Å². The van der Waals surface area contributed by atoms with Gasteiger partial charge in [0.05, 0.1) is 13.2 Å². The van der Waals surface area contributed by atoms with Crippen molar-refractivity contribution in [2.75, 3.05) is 41.8 Å². The lowest BCUT2D eigenvalue weighted by atomic mass is 10.2. The van der Waals surface area contributed by atoms with Crippen molar-refractivity contribution in [3.05, 3.63) is 66.4 Å². The number of morpholine rings is 1. The van der Waals surface area contributed by atoms with Crippen molar-refractivity contribution in [1.82, 2.24) is 19.4 Å². The second-order valence-corrected chi connectivity index (χ2v) is 7.30. The molecule has 31 heavy (non-hydrogen) atoms. The van der Waals surface area contributed by atoms with Gasteiger partial charge in [-0.3, -0.25) is 0 Å². The standard InChI is InChI=1S/C22H22FN7O/c1-15-17(23)3-2-4-18(15)26-22-27-19(14-21(28-22)30-9-11-31-12-10-30)25-16-5-7-29-8-6-24-20(29)13-16/h2-8,13-14H,9-12H2,1H3,(H2,25,26,27,28). The van der Waals surface area contributed by atoms with Gasteiger partial charge in [-0.05, 0) is 25.1 Å². The lowest BCUT2D eigenvalue weighted by molar-refractivity contribution is 0.122. The Bertz CT molecular complexity index is 1220. The Morgan fingerprint density at radius 1 is 1.03 bits per heavy atom. The van der Waals surface area contributed by atoms with E-state index in [1.54, 1.807) is 19.2 Å². The van der Waals surface area contributed by atoms with E-state index in [0.29, 0.717) is 36.2 Å². The fourth-order valence-corrected chi connectivity index (χ4v) is 3.51. The van der Waals surface area contributed by atoms with Crippen LogP contribution in [0.25, 0.3) is 5.65 Å². The highest BCUT2D eigenvalue weighted by Gasteiger charge is 2.16. The Morgan fingerprint density at radius 2 is 1.90 bits per heavy atom. The molecule has 9 heteroatoms. The SMILES string of the molecule is Cc1c(F)cccc1Nc1nc(Nc2ccn3ccnc3c2)cc(N2CCOCC2)n1. The van der Waals surface area contributed by atoms with E-state index in [2.05, 4.69) is 30.5 Å². The fourth-order valence-electron chi connectivity index (χ4n) is 3.51. The lowest BCUT2D eigenvalue weighted by Crippen LogP contribution is -2.36. The third kappa shape index (κ3) is 4.13. The number of imidazole rings is 1. The molecule has 3 aromatic heterocycles. The smallest absolute Gasteiger partial charge is 0.231 e. The summed E-state index contributed by atoms with van der Waals surface area (Å²) in [7, 11) is 0. The quantitative estimate of drug-likeness (QED) is 0.508. The Morgan fingerprint density at radius 3 is 2.77 bits per heavy atom. The number of fused-ring (bicyclic) bond motifs is 1. The molecule has 0 atom stereocenters. The molecule has 158 valence electrons. The Hall–Kier alpha value is -3.72. The molecule has 1 aliphatic heterocycles. The average molecular weight is 419 g/mol. The first-order valence-electron chi connectivity index (χ1n) is 10.1. The lowest BCUT2D eigenvalue weighted by Gasteiger charge is -2.28. The average Bonchev–Trinajstić information content (AvgIpc) is 3.25. The van der Waals surface area contributed by atoms with Gasteiger partial charge in [-0.2, -0.15) is 9.97 Å². The number of nitrogens with zero attached hydrogens (tertiary/aromatic N) is 5. The Kier molecular flexibility index (Phi) is 5.09. The van der Waals surface area contributed by atoms with Crippen LogP contribution in [0.2, 0.25) is 0 Å². The third-order valence-corrected chi connectivity index (χ3v) is 5.23. The van der Waals surface area contributed by atoms with Crippen molar-refractivity contribution in [3.8, 4) is 0 Å². The number of hydrogen-bond acceptors (Lipinski definition) is 7. The second kappa shape index (κ2) is 8.19. The minimum atomic E-state index is -0.277. The molecule has 5 rings (SSSR count). The molecule has 0 amide bonds. The van der Waals surface area contributed by atoms with Gasteiger partial charge in [0.25, 0.3) is 0 Å². The first kappa shape index (κ1) is 19.3. The molecule has 2 N–H and O–H groups in total. The molecular weight excluding hydrogens is 397 g/mol. The van der Waals surface area contributed by atoms with E-state index in [1.807, 2.05) is 41.1 Å². The molecule has 0 saturated carbocycles. The number of hydrogen-bond donors (Lipinski definition) is 2. The summed E-state index contributed by atoms with van der Waals surface area (Å²) >= 11 is 0. The Labute approximate surface area is 178 Å². The minimum absolute atomic E-state index is 0.277. The molecule has 0 aliphatic carbocycles. The van der Waals surface area contributed by atoms with Crippen molar-refractivity contribution in [2.45, 2.75) is 6.92 Å². The normalized spacial score (nSPS) is 14.1. The zero-order valence-corrected chi connectivity index (χ0v) is 17.0. The molecule has 0 bridgehead atoms. The van der Waals surface area contributed by atoms with Crippen LogP contribution in [0.15, 0.2) is 55.0 Å². The highest BCUT2D eigenvalue weighted by molar-refractivity contribution is 5.67. The largest absolute Gasteiger partial charge is 0.378 e. The van der Waals surface area contributed by atoms with Crippen molar-refractivity contribution >= 4 is 34.6 Å². The van der Waals surface area contributed by atoms with Crippen LogP contribution in [-0.2, 0) is 4.74 Å². The van der Waals surface area contributed by atoms with Gasteiger partial charge in [0.2, 0.25) is 5.95 Å². The summed E-state index contributed by atoms with van der Waals surface area (Å²) in [5.74, 6) is 1.52. The van der Waals surface area contributed by atoms with Crippen LogP contribution in [0.4, 0.5) is 33.3 Å². The number of nitrogens with one attached hydrogen (secondary N) is 2. The summed E-state index contributed by atoms with van der Waals surface area (Å²) in [6.07, 6.45) is 5.58. The van der Waals surface area contributed by atoms with Crippen molar-refractivity contribution in [2.24, 2.45) is 0 Å². The van der Waals surface area contributed by atoms with Crippen LogP contribution in [0, 0.1) is 12.7 Å². The topological polar surface area (TPSA) is 79.6 Å². The number of halogens is 1. The van der Waals surface area contributed by atoms with E-state index in [0.717, 1.165) is 30.2 Å². The van der Waals surface area contributed by atoms with Crippen LogP contribution in [-0.4, -0.2) is 45.7 Å². The number of pyridine rings is 1. The third-order valence-electron chi connectivity index (χ3n) is 5.23. The molecule has 8 nitrogen and oxygen atoms in total. The van der Waals surface area contributed by atoms with Gasteiger partial charge < -0.3 is 24.7 Å². The number of rotatable bonds is 5.